The van der Waals surface area contributed by atoms with Crippen LogP contribution in [0.4, 0.5) is 11.4 Å². The van der Waals surface area contributed by atoms with E-state index in [-0.39, 0.29) is 0 Å². The highest BCUT2D eigenvalue weighted by atomic mass is 16.3. The Kier molecular flexibility index (Phi) is 5.20. The number of furan rings is 1. The molecular formula is C40H26N2O. The summed E-state index contributed by atoms with van der Waals surface area (Å²) in [5.74, 6) is 0. The van der Waals surface area contributed by atoms with Gasteiger partial charge in [0, 0.05) is 32.9 Å². The summed E-state index contributed by atoms with van der Waals surface area (Å²) in [6.07, 6.45) is 0. The Morgan fingerprint density at radius 1 is 0.465 bits per heavy atom. The van der Waals surface area contributed by atoms with E-state index in [1.165, 1.54) is 43.7 Å². The molecule has 7 aromatic carbocycles. The Balaban J connectivity index is 1.03. The van der Waals surface area contributed by atoms with Crippen molar-refractivity contribution in [3.8, 4) is 16.8 Å². The molecule has 0 bridgehead atoms. The number of hydrogen-bond donors (Lipinski definition) is 1. The highest BCUT2D eigenvalue weighted by Gasteiger charge is 2.14. The van der Waals surface area contributed by atoms with E-state index in [1.807, 2.05) is 0 Å². The monoisotopic (exact) mass is 550 g/mol. The number of fused-ring (bicyclic) bond motifs is 8. The molecule has 2 heterocycles. The molecule has 0 saturated carbocycles. The van der Waals surface area contributed by atoms with Gasteiger partial charge < -0.3 is 14.3 Å². The number of hydrogen-bond acceptors (Lipinski definition) is 2. The summed E-state index contributed by atoms with van der Waals surface area (Å²) in [7, 11) is 0. The standard InChI is InChI=1S/C40H26N2O/c1-2-9-31-28(8-1)20-25-38-39(31)34-12-7-13-35(40(34)43-38)41-29-21-16-26(17-22-29)27-18-23-30(24-19-27)42-36-14-5-3-10-32(36)33-11-4-6-15-37(33)42/h1-25,41H. The van der Waals surface area contributed by atoms with E-state index < -0.39 is 0 Å². The van der Waals surface area contributed by atoms with Gasteiger partial charge in [0.2, 0.25) is 0 Å². The van der Waals surface area contributed by atoms with Crippen LogP contribution in [0.5, 0.6) is 0 Å². The Bertz CT molecular complexity index is 2410. The molecule has 2 aromatic heterocycles. The summed E-state index contributed by atoms with van der Waals surface area (Å²) in [6.45, 7) is 0. The SMILES string of the molecule is c1ccc2c(c1)ccc1oc3c(Nc4ccc(-c5ccc(-n6c7ccccc7c7ccccc76)cc5)cc4)cccc3c12. The van der Waals surface area contributed by atoms with Gasteiger partial charge in [-0.05, 0) is 70.4 Å². The number of nitrogens with zero attached hydrogens (tertiary/aromatic N) is 1. The fourth-order valence-electron chi connectivity index (χ4n) is 6.57. The van der Waals surface area contributed by atoms with E-state index in [4.69, 9.17) is 4.42 Å². The van der Waals surface area contributed by atoms with Crippen molar-refractivity contribution in [3.63, 3.8) is 0 Å². The third-order valence-electron chi connectivity index (χ3n) is 8.59. The molecule has 202 valence electrons. The van der Waals surface area contributed by atoms with Gasteiger partial charge in [-0.3, -0.25) is 0 Å². The fraction of sp³-hybridized carbons (Fsp3) is 0. The Morgan fingerprint density at radius 3 is 1.79 bits per heavy atom. The molecule has 9 aromatic rings. The van der Waals surface area contributed by atoms with Crippen molar-refractivity contribution in [2.75, 3.05) is 5.32 Å². The Labute approximate surface area is 248 Å². The number of rotatable bonds is 4. The van der Waals surface area contributed by atoms with Gasteiger partial charge in [-0.25, -0.2) is 0 Å². The van der Waals surface area contributed by atoms with Crippen molar-refractivity contribution in [1.82, 2.24) is 4.57 Å². The molecule has 0 amide bonds. The van der Waals surface area contributed by atoms with Crippen molar-refractivity contribution in [2.45, 2.75) is 0 Å². The average Bonchev–Trinajstić information content (AvgIpc) is 3.62. The Morgan fingerprint density at radius 2 is 1.07 bits per heavy atom. The van der Waals surface area contributed by atoms with E-state index >= 15 is 0 Å². The molecule has 0 spiro atoms. The maximum Gasteiger partial charge on any atom is 0.158 e. The smallest absolute Gasteiger partial charge is 0.158 e. The van der Waals surface area contributed by atoms with Crippen LogP contribution in [0.2, 0.25) is 0 Å². The predicted molar refractivity (Wildman–Crippen MR) is 181 cm³/mol. The van der Waals surface area contributed by atoms with Crippen molar-refractivity contribution in [3.05, 3.63) is 152 Å². The maximum absolute atomic E-state index is 6.39. The molecule has 1 N–H and O–H groups in total. The second-order valence-electron chi connectivity index (χ2n) is 11.1. The van der Waals surface area contributed by atoms with Gasteiger partial charge in [-0.1, -0.05) is 103 Å². The number of nitrogens with one attached hydrogen (secondary N) is 1. The number of para-hydroxylation sites is 3. The molecule has 9 rings (SSSR count). The van der Waals surface area contributed by atoms with E-state index in [1.54, 1.807) is 0 Å². The van der Waals surface area contributed by atoms with Crippen molar-refractivity contribution < 1.29 is 4.42 Å². The van der Waals surface area contributed by atoms with Gasteiger partial charge in [0.25, 0.3) is 0 Å². The molecule has 0 aliphatic carbocycles. The van der Waals surface area contributed by atoms with E-state index in [0.29, 0.717) is 0 Å². The number of benzene rings is 7. The van der Waals surface area contributed by atoms with E-state index in [2.05, 4.69) is 162 Å². The fourth-order valence-corrected chi connectivity index (χ4v) is 6.57. The zero-order valence-corrected chi connectivity index (χ0v) is 23.3. The highest BCUT2D eigenvalue weighted by Crippen LogP contribution is 2.39. The predicted octanol–water partition coefficient (Wildman–Crippen LogP) is 11.2. The normalized spacial score (nSPS) is 11.7. The van der Waals surface area contributed by atoms with Gasteiger partial charge >= 0.3 is 0 Å². The first-order valence-electron chi connectivity index (χ1n) is 14.6. The lowest BCUT2D eigenvalue weighted by molar-refractivity contribution is 0.670. The van der Waals surface area contributed by atoms with E-state index in [9.17, 15) is 0 Å². The second-order valence-corrected chi connectivity index (χ2v) is 11.1. The summed E-state index contributed by atoms with van der Waals surface area (Å²) in [5.41, 5.74) is 9.71. The quantitative estimate of drug-likeness (QED) is 0.236. The van der Waals surface area contributed by atoms with E-state index in [0.717, 1.165) is 39.0 Å². The maximum atomic E-state index is 6.39. The van der Waals surface area contributed by atoms with Crippen LogP contribution < -0.4 is 5.32 Å². The summed E-state index contributed by atoms with van der Waals surface area (Å²) in [4.78, 5) is 0. The van der Waals surface area contributed by atoms with Crippen LogP contribution in [0.3, 0.4) is 0 Å². The molecule has 0 unspecified atom stereocenters. The molecular weight excluding hydrogens is 524 g/mol. The zero-order chi connectivity index (χ0) is 28.3. The molecule has 0 fully saturated rings. The Hall–Kier alpha value is -5.80. The van der Waals surface area contributed by atoms with Crippen molar-refractivity contribution in [1.29, 1.82) is 0 Å². The number of anilines is 2. The van der Waals surface area contributed by atoms with Crippen LogP contribution in [0.1, 0.15) is 0 Å². The third kappa shape index (κ3) is 3.75. The van der Waals surface area contributed by atoms with Crippen LogP contribution in [-0.4, -0.2) is 4.57 Å². The molecule has 0 aliphatic heterocycles. The zero-order valence-electron chi connectivity index (χ0n) is 23.3. The van der Waals surface area contributed by atoms with Gasteiger partial charge in [-0.15, -0.1) is 0 Å². The lowest BCUT2D eigenvalue weighted by Gasteiger charge is -2.10. The molecule has 0 saturated heterocycles. The van der Waals surface area contributed by atoms with Crippen LogP contribution >= 0.6 is 0 Å². The summed E-state index contributed by atoms with van der Waals surface area (Å²) in [6, 6.07) is 53.7. The van der Waals surface area contributed by atoms with Crippen LogP contribution in [-0.2, 0) is 0 Å². The summed E-state index contributed by atoms with van der Waals surface area (Å²) >= 11 is 0. The van der Waals surface area contributed by atoms with Gasteiger partial charge in [0.05, 0.1) is 16.7 Å². The lowest BCUT2D eigenvalue weighted by atomic mass is 10.0. The highest BCUT2D eigenvalue weighted by molar-refractivity contribution is 6.20. The lowest BCUT2D eigenvalue weighted by Crippen LogP contribution is -1.93. The summed E-state index contributed by atoms with van der Waals surface area (Å²) < 4.78 is 8.74. The molecule has 3 nitrogen and oxygen atoms in total. The second kappa shape index (κ2) is 9.37. The first kappa shape index (κ1) is 23.9. The first-order chi connectivity index (χ1) is 21.3. The largest absolute Gasteiger partial charge is 0.454 e. The minimum atomic E-state index is 0.874. The van der Waals surface area contributed by atoms with Crippen LogP contribution in [0, 0.1) is 0 Å². The number of aromatic nitrogens is 1. The van der Waals surface area contributed by atoms with Crippen LogP contribution in [0.15, 0.2) is 156 Å². The van der Waals surface area contributed by atoms with Gasteiger partial charge in [0.1, 0.15) is 5.58 Å². The molecule has 43 heavy (non-hydrogen) atoms. The van der Waals surface area contributed by atoms with Gasteiger partial charge in [0.15, 0.2) is 5.58 Å². The van der Waals surface area contributed by atoms with Gasteiger partial charge in [-0.2, -0.15) is 0 Å². The molecule has 0 aliphatic rings. The average molecular weight is 551 g/mol. The molecule has 0 atom stereocenters. The third-order valence-corrected chi connectivity index (χ3v) is 8.59. The molecule has 0 radical (unpaired) electrons. The minimum absolute atomic E-state index is 0.874. The minimum Gasteiger partial charge on any atom is -0.454 e. The first-order valence-corrected chi connectivity index (χ1v) is 14.6. The molecule has 3 heteroatoms. The van der Waals surface area contributed by atoms with Crippen molar-refractivity contribution >= 4 is 65.9 Å². The topological polar surface area (TPSA) is 30.1 Å². The summed E-state index contributed by atoms with van der Waals surface area (Å²) in [5, 5.41) is 10.9. The van der Waals surface area contributed by atoms with Crippen molar-refractivity contribution in [2.24, 2.45) is 0 Å². The van der Waals surface area contributed by atoms with Crippen LogP contribution in [0.25, 0.3) is 71.3 Å².